The SMILES string of the molecule is CNC1CC(C)CC(C)C1S(=O)(=O)C1CCOC1C. The lowest BCUT2D eigenvalue weighted by Crippen LogP contribution is -2.54. The van der Waals surface area contributed by atoms with E-state index < -0.39 is 9.84 Å². The number of sulfone groups is 1. The summed E-state index contributed by atoms with van der Waals surface area (Å²) in [5.74, 6) is 0.815. The van der Waals surface area contributed by atoms with Gasteiger partial charge in [0.15, 0.2) is 9.84 Å². The van der Waals surface area contributed by atoms with Gasteiger partial charge in [-0.3, -0.25) is 0 Å². The Morgan fingerprint density at radius 3 is 2.37 bits per heavy atom. The molecule has 6 atom stereocenters. The first kappa shape index (κ1) is 15.3. The van der Waals surface area contributed by atoms with E-state index in [9.17, 15) is 8.42 Å². The summed E-state index contributed by atoms with van der Waals surface area (Å²) in [6, 6.07) is 0.0801. The average molecular weight is 289 g/mol. The summed E-state index contributed by atoms with van der Waals surface area (Å²) >= 11 is 0. The molecule has 6 unspecified atom stereocenters. The van der Waals surface area contributed by atoms with E-state index >= 15 is 0 Å². The summed E-state index contributed by atoms with van der Waals surface area (Å²) < 4.78 is 31.4. The van der Waals surface area contributed by atoms with Crippen molar-refractivity contribution in [2.75, 3.05) is 13.7 Å². The van der Waals surface area contributed by atoms with E-state index in [2.05, 4.69) is 19.2 Å². The Hall–Kier alpha value is -0.130. The van der Waals surface area contributed by atoms with Crippen LogP contribution in [0.4, 0.5) is 0 Å². The van der Waals surface area contributed by atoms with E-state index in [-0.39, 0.29) is 28.6 Å². The van der Waals surface area contributed by atoms with Crippen LogP contribution < -0.4 is 5.32 Å². The lowest BCUT2D eigenvalue weighted by Gasteiger charge is -2.40. The Kier molecular flexibility index (Phi) is 4.58. The largest absolute Gasteiger partial charge is 0.377 e. The highest BCUT2D eigenvalue weighted by Gasteiger charge is 2.47. The van der Waals surface area contributed by atoms with Crippen LogP contribution >= 0.6 is 0 Å². The van der Waals surface area contributed by atoms with Gasteiger partial charge in [0.25, 0.3) is 0 Å². The van der Waals surface area contributed by atoms with Crippen molar-refractivity contribution in [1.82, 2.24) is 5.32 Å². The maximum Gasteiger partial charge on any atom is 0.160 e. The van der Waals surface area contributed by atoms with Gasteiger partial charge >= 0.3 is 0 Å². The summed E-state index contributed by atoms with van der Waals surface area (Å²) in [6.45, 7) is 6.76. The molecule has 1 N–H and O–H groups in total. The molecular weight excluding hydrogens is 262 g/mol. The second-order valence-electron chi connectivity index (χ2n) is 6.41. The molecule has 0 amide bonds. The number of hydrogen-bond donors (Lipinski definition) is 1. The minimum Gasteiger partial charge on any atom is -0.377 e. The molecule has 0 aromatic carbocycles. The standard InChI is InChI=1S/C14H27NO3S/c1-9-7-10(2)14(12(8-9)15-4)19(16,17)13-5-6-18-11(13)3/h9-15H,5-8H2,1-4H3. The Morgan fingerprint density at radius 1 is 1.16 bits per heavy atom. The van der Waals surface area contributed by atoms with Crippen molar-refractivity contribution in [3.05, 3.63) is 0 Å². The highest BCUT2D eigenvalue weighted by atomic mass is 32.2. The monoisotopic (exact) mass is 289 g/mol. The molecule has 0 aromatic rings. The van der Waals surface area contributed by atoms with Gasteiger partial charge in [-0.25, -0.2) is 8.42 Å². The maximum atomic E-state index is 13.0. The predicted molar refractivity (Wildman–Crippen MR) is 76.9 cm³/mol. The fourth-order valence-electron chi connectivity index (χ4n) is 4.01. The third kappa shape index (κ3) is 2.83. The van der Waals surface area contributed by atoms with Crippen molar-refractivity contribution in [3.63, 3.8) is 0 Å². The molecule has 2 rings (SSSR count). The fraction of sp³-hybridized carbons (Fsp3) is 1.00. The average Bonchev–Trinajstić information content (AvgIpc) is 2.74. The van der Waals surface area contributed by atoms with Gasteiger partial charge in [-0.05, 0) is 45.1 Å². The van der Waals surface area contributed by atoms with E-state index in [1.807, 2.05) is 14.0 Å². The molecule has 1 saturated carbocycles. The van der Waals surface area contributed by atoms with Gasteiger partial charge in [-0.15, -0.1) is 0 Å². The van der Waals surface area contributed by atoms with E-state index in [1.54, 1.807) is 0 Å². The van der Waals surface area contributed by atoms with E-state index in [4.69, 9.17) is 4.74 Å². The van der Waals surface area contributed by atoms with Crippen molar-refractivity contribution in [2.24, 2.45) is 11.8 Å². The summed E-state index contributed by atoms with van der Waals surface area (Å²) in [6.07, 6.45) is 2.45. The van der Waals surface area contributed by atoms with Crippen LogP contribution in [0.3, 0.4) is 0 Å². The van der Waals surface area contributed by atoms with Crippen LogP contribution in [0.5, 0.6) is 0 Å². The van der Waals surface area contributed by atoms with Gasteiger partial charge in [-0.2, -0.15) is 0 Å². The highest BCUT2D eigenvalue weighted by Crippen LogP contribution is 2.37. The summed E-state index contributed by atoms with van der Waals surface area (Å²) in [7, 11) is -1.25. The van der Waals surface area contributed by atoms with Crippen LogP contribution in [0.1, 0.15) is 40.0 Å². The molecular formula is C14H27NO3S. The zero-order valence-electron chi connectivity index (χ0n) is 12.4. The van der Waals surface area contributed by atoms with Gasteiger partial charge < -0.3 is 10.1 Å². The second-order valence-corrected chi connectivity index (χ2v) is 8.73. The number of rotatable bonds is 3. The molecule has 0 radical (unpaired) electrons. The van der Waals surface area contributed by atoms with Crippen LogP contribution in [0.25, 0.3) is 0 Å². The number of ether oxygens (including phenoxy) is 1. The topological polar surface area (TPSA) is 55.4 Å². The Bertz CT molecular complexity index is 409. The van der Waals surface area contributed by atoms with E-state index in [0.29, 0.717) is 18.9 Å². The lowest BCUT2D eigenvalue weighted by molar-refractivity contribution is 0.126. The minimum atomic E-state index is -3.13. The molecule has 0 spiro atoms. The first-order chi connectivity index (χ1) is 8.87. The Labute approximate surface area is 117 Å². The van der Waals surface area contributed by atoms with Crippen LogP contribution in [0.2, 0.25) is 0 Å². The molecule has 2 fully saturated rings. The van der Waals surface area contributed by atoms with Crippen molar-refractivity contribution in [3.8, 4) is 0 Å². The third-order valence-corrected chi connectivity index (χ3v) is 7.88. The summed E-state index contributed by atoms with van der Waals surface area (Å²) in [5, 5.41) is 2.66. The molecule has 2 aliphatic rings. The molecule has 5 heteroatoms. The first-order valence-electron chi connectivity index (χ1n) is 7.39. The maximum absolute atomic E-state index is 13.0. The van der Waals surface area contributed by atoms with E-state index in [0.717, 1.165) is 12.8 Å². The molecule has 4 nitrogen and oxygen atoms in total. The van der Waals surface area contributed by atoms with Gasteiger partial charge in [0.1, 0.15) is 0 Å². The minimum absolute atomic E-state index is 0.0801. The molecule has 0 aromatic heterocycles. The molecule has 19 heavy (non-hydrogen) atoms. The zero-order valence-corrected chi connectivity index (χ0v) is 13.2. The molecule has 0 bridgehead atoms. The van der Waals surface area contributed by atoms with Crippen LogP contribution in [0.15, 0.2) is 0 Å². The molecule has 1 aliphatic heterocycles. The van der Waals surface area contributed by atoms with Crippen LogP contribution in [-0.4, -0.2) is 44.7 Å². The predicted octanol–water partition coefficient (Wildman–Crippen LogP) is 1.60. The van der Waals surface area contributed by atoms with Crippen LogP contribution in [0, 0.1) is 11.8 Å². The van der Waals surface area contributed by atoms with Crippen molar-refractivity contribution in [1.29, 1.82) is 0 Å². The molecule has 1 aliphatic carbocycles. The van der Waals surface area contributed by atoms with Crippen molar-refractivity contribution in [2.45, 2.75) is 62.7 Å². The smallest absolute Gasteiger partial charge is 0.160 e. The van der Waals surface area contributed by atoms with Crippen molar-refractivity contribution >= 4 is 9.84 Å². The Morgan fingerprint density at radius 2 is 1.84 bits per heavy atom. The van der Waals surface area contributed by atoms with Gasteiger partial charge in [0.05, 0.1) is 16.6 Å². The van der Waals surface area contributed by atoms with Gasteiger partial charge in [0.2, 0.25) is 0 Å². The van der Waals surface area contributed by atoms with Crippen LogP contribution in [-0.2, 0) is 14.6 Å². The molecule has 1 saturated heterocycles. The lowest BCUT2D eigenvalue weighted by atomic mass is 9.80. The molecule has 1 heterocycles. The first-order valence-corrected chi connectivity index (χ1v) is 9.00. The fourth-order valence-corrected chi connectivity index (χ4v) is 6.91. The second kappa shape index (κ2) is 5.70. The number of nitrogens with one attached hydrogen (secondary N) is 1. The van der Waals surface area contributed by atoms with Gasteiger partial charge in [0, 0.05) is 12.6 Å². The third-order valence-electron chi connectivity index (χ3n) is 4.87. The van der Waals surface area contributed by atoms with E-state index in [1.165, 1.54) is 0 Å². The summed E-state index contributed by atoms with van der Waals surface area (Å²) in [4.78, 5) is 0. The number of hydrogen-bond acceptors (Lipinski definition) is 4. The molecule has 112 valence electrons. The van der Waals surface area contributed by atoms with Crippen molar-refractivity contribution < 1.29 is 13.2 Å². The normalized spacial score (nSPS) is 44.4. The summed E-state index contributed by atoms with van der Waals surface area (Å²) in [5.41, 5.74) is 0. The quantitative estimate of drug-likeness (QED) is 0.857. The van der Waals surface area contributed by atoms with Gasteiger partial charge in [-0.1, -0.05) is 13.8 Å². The Balaban J connectivity index is 2.26. The highest BCUT2D eigenvalue weighted by molar-refractivity contribution is 7.92. The zero-order chi connectivity index (χ0) is 14.2.